The third-order valence-electron chi connectivity index (χ3n) is 7.61. The number of hydrogen-bond donors (Lipinski definition) is 2. The molecule has 5 rings (SSSR count). The summed E-state index contributed by atoms with van der Waals surface area (Å²) in [6.07, 6.45) is 5.59. The molecule has 0 saturated carbocycles. The first-order chi connectivity index (χ1) is 19.7. The summed E-state index contributed by atoms with van der Waals surface area (Å²) in [5.74, 6) is 1.00. The molecule has 1 aromatic carbocycles. The molecule has 0 amide bonds. The third kappa shape index (κ3) is 6.89. The molecule has 0 spiro atoms. The maximum atomic E-state index is 11.7. The van der Waals surface area contributed by atoms with E-state index in [1.807, 2.05) is 38.5 Å². The number of aryl methyl sites for hydroxylation is 2. The summed E-state index contributed by atoms with van der Waals surface area (Å²) in [6, 6.07) is 10.4. The molecule has 1 saturated heterocycles. The zero-order valence-corrected chi connectivity index (χ0v) is 25.7. The van der Waals surface area contributed by atoms with Crippen LogP contribution in [0.25, 0.3) is 22.0 Å². The van der Waals surface area contributed by atoms with Crippen LogP contribution < -0.4 is 15.8 Å². The molecule has 0 atom stereocenters. The lowest BCUT2D eigenvalue weighted by molar-refractivity contribution is 0.112. The Kier molecular flexibility index (Phi) is 10.0. The van der Waals surface area contributed by atoms with Gasteiger partial charge in [0.2, 0.25) is 0 Å². The normalized spacial score (nSPS) is 13.9. The van der Waals surface area contributed by atoms with Crippen LogP contribution >= 0.6 is 11.6 Å². The number of hydrogen-bond acceptors (Lipinski definition) is 6. The fraction of sp³-hybridized carbons (Fsp3) is 0.406. The van der Waals surface area contributed by atoms with Crippen molar-refractivity contribution in [2.75, 3.05) is 45.2 Å². The molecule has 3 aromatic heterocycles. The maximum absolute atomic E-state index is 11.7. The Hall–Kier alpha value is -3.46. The number of carbonyl (C=O) groups excluding carboxylic acids is 1. The van der Waals surface area contributed by atoms with Gasteiger partial charge < -0.3 is 24.7 Å². The first kappa shape index (κ1) is 30.5. The average molecular weight is 577 g/mol. The molecular weight excluding hydrogens is 536 g/mol. The monoisotopic (exact) mass is 576 g/mol. The zero-order chi connectivity index (χ0) is 29.7. The molecule has 4 heterocycles. The van der Waals surface area contributed by atoms with Crippen LogP contribution in [0.15, 0.2) is 47.5 Å². The highest BCUT2D eigenvalue weighted by Gasteiger charge is 2.17. The van der Waals surface area contributed by atoms with Gasteiger partial charge >= 0.3 is 0 Å². The summed E-state index contributed by atoms with van der Waals surface area (Å²) in [5, 5.41) is 4.43. The quantitative estimate of drug-likeness (QED) is 0.284. The Morgan fingerprint density at radius 3 is 2.44 bits per heavy atom. The lowest BCUT2D eigenvalue weighted by Crippen LogP contribution is -2.44. The van der Waals surface area contributed by atoms with Crippen LogP contribution in [0.1, 0.15) is 54.0 Å². The van der Waals surface area contributed by atoms with Gasteiger partial charge in [0.1, 0.15) is 5.82 Å². The first-order valence-electron chi connectivity index (χ1n) is 14.2. The number of benzene rings is 1. The Labute approximate surface area is 247 Å². The van der Waals surface area contributed by atoms with Gasteiger partial charge in [-0.05, 0) is 82.7 Å². The fourth-order valence-corrected chi connectivity index (χ4v) is 5.62. The van der Waals surface area contributed by atoms with Crippen molar-refractivity contribution >= 4 is 34.6 Å². The smallest absolute Gasteiger partial charge is 0.252 e. The third-order valence-corrected chi connectivity index (χ3v) is 7.89. The van der Waals surface area contributed by atoms with Gasteiger partial charge in [0, 0.05) is 78.9 Å². The number of halogens is 1. The number of aldehydes is 1. The lowest BCUT2D eigenvalue weighted by Gasteiger charge is -2.33. The van der Waals surface area contributed by atoms with E-state index in [4.69, 9.17) is 11.6 Å². The minimum Gasteiger partial charge on any atom is -0.354 e. The van der Waals surface area contributed by atoms with E-state index >= 15 is 0 Å². The number of likely N-dealkylation sites (N-methyl/N-ethyl adjacent to an activating group) is 1. The van der Waals surface area contributed by atoms with Gasteiger partial charge in [0.25, 0.3) is 5.56 Å². The molecule has 1 fully saturated rings. The highest BCUT2D eigenvalue weighted by atomic mass is 35.5. The molecule has 0 radical (unpaired) electrons. The van der Waals surface area contributed by atoms with Crippen molar-refractivity contribution in [3.63, 3.8) is 0 Å². The van der Waals surface area contributed by atoms with Gasteiger partial charge in [-0.15, -0.1) is 0 Å². The molecule has 41 heavy (non-hydrogen) atoms. The molecule has 0 unspecified atom stereocenters. The van der Waals surface area contributed by atoms with E-state index in [1.54, 1.807) is 0 Å². The van der Waals surface area contributed by atoms with Crippen molar-refractivity contribution in [2.45, 2.75) is 46.7 Å². The Morgan fingerprint density at radius 2 is 1.85 bits per heavy atom. The number of rotatable bonds is 7. The second kappa shape index (κ2) is 13.5. The van der Waals surface area contributed by atoms with Crippen molar-refractivity contribution in [3.05, 3.63) is 80.5 Å². The molecule has 8 nitrogen and oxygen atoms in total. The van der Waals surface area contributed by atoms with Gasteiger partial charge in [-0.3, -0.25) is 9.59 Å². The number of carbonyl (C=O) groups is 1. The SMILES string of the molecule is CC(C)n1cc(Cl)c2c(C=O)cc(-c3ccc(N4CCN(C)CC4)nc3)cc21.CCc1cc(C)[nH]c(=O)c1CNC. The van der Waals surface area contributed by atoms with Gasteiger partial charge in [-0.2, -0.15) is 0 Å². The number of nitrogens with one attached hydrogen (secondary N) is 2. The molecule has 1 aliphatic rings. The van der Waals surface area contributed by atoms with Crippen LogP contribution in [-0.4, -0.2) is 66.0 Å². The second-order valence-corrected chi connectivity index (χ2v) is 11.3. The second-order valence-electron chi connectivity index (χ2n) is 10.9. The summed E-state index contributed by atoms with van der Waals surface area (Å²) < 4.78 is 2.11. The van der Waals surface area contributed by atoms with E-state index in [0.717, 1.165) is 83.6 Å². The molecule has 0 aliphatic carbocycles. The summed E-state index contributed by atoms with van der Waals surface area (Å²) in [5.41, 5.74) is 6.51. The highest BCUT2D eigenvalue weighted by molar-refractivity contribution is 6.36. The molecule has 4 aromatic rings. The van der Waals surface area contributed by atoms with Crippen LogP contribution in [0.5, 0.6) is 0 Å². The predicted octanol–water partition coefficient (Wildman–Crippen LogP) is 5.47. The fourth-order valence-electron chi connectivity index (χ4n) is 5.31. The van der Waals surface area contributed by atoms with Gasteiger partial charge in [0.15, 0.2) is 6.29 Å². The lowest BCUT2D eigenvalue weighted by atomic mass is 10.0. The highest BCUT2D eigenvalue weighted by Crippen LogP contribution is 2.35. The molecule has 218 valence electrons. The number of piperazine rings is 1. The number of aromatic nitrogens is 3. The van der Waals surface area contributed by atoms with Gasteiger partial charge in [0.05, 0.1) is 10.5 Å². The average Bonchev–Trinajstić information content (AvgIpc) is 3.31. The summed E-state index contributed by atoms with van der Waals surface area (Å²) >= 11 is 6.42. The number of pyridine rings is 2. The summed E-state index contributed by atoms with van der Waals surface area (Å²) in [7, 11) is 3.99. The van der Waals surface area contributed by atoms with E-state index in [2.05, 4.69) is 75.7 Å². The minimum absolute atomic E-state index is 0.0335. The summed E-state index contributed by atoms with van der Waals surface area (Å²) in [4.78, 5) is 35.4. The van der Waals surface area contributed by atoms with E-state index in [-0.39, 0.29) is 11.6 Å². The number of anilines is 1. The van der Waals surface area contributed by atoms with Crippen LogP contribution in [0.3, 0.4) is 0 Å². The summed E-state index contributed by atoms with van der Waals surface area (Å²) in [6.45, 7) is 12.9. The standard InChI is InChI=1S/C22H25ClN4O.C10H16N2O/c1-15(2)27-13-19(23)22-18(14-28)10-17(11-20(22)27)16-4-5-21(24-12-16)26-8-6-25(3)7-9-26;1-4-8-5-7(2)12-10(13)9(8)6-11-3/h4-5,10-15H,6-9H2,1-3H3;5,11H,4,6H2,1-3H3,(H,12,13). The molecular formula is C32H41ClN6O2. The van der Waals surface area contributed by atoms with E-state index < -0.39 is 0 Å². The van der Waals surface area contributed by atoms with Crippen molar-refractivity contribution in [2.24, 2.45) is 0 Å². The van der Waals surface area contributed by atoms with E-state index in [1.165, 1.54) is 0 Å². The minimum atomic E-state index is 0.0335. The number of nitrogens with zero attached hydrogens (tertiary/aromatic N) is 4. The molecule has 9 heteroatoms. The van der Waals surface area contributed by atoms with Crippen molar-refractivity contribution in [1.29, 1.82) is 0 Å². The molecule has 1 aliphatic heterocycles. The number of aromatic amines is 1. The molecule has 2 N–H and O–H groups in total. The maximum Gasteiger partial charge on any atom is 0.252 e. The number of fused-ring (bicyclic) bond motifs is 1. The Morgan fingerprint density at radius 1 is 1.12 bits per heavy atom. The van der Waals surface area contributed by atoms with Crippen molar-refractivity contribution in [3.8, 4) is 11.1 Å². The Balaban J connectivity index is 0.000000251. The number of H-pyrrole nitrogens is 1. The van der Waals surface area contributed by atoms with Gasteiger partial charge in [-0.1, -0.05) is 18.5 Å². The van der Waals surface area contributed by atoms with Gasteiger partial charge in [-0.25, -0.2) is 4.98 Å². The zero-order valence-electron chi connectivity index (χ0n) is 24.9. The molecule has 0 bridgehead atoms. The van der Waals surface area contributed by atoms with E-state index in [0.29, 0.717) is 17.1 Å². The van der Waals surface area contributed by atoms with Crippen LogP contribution in [0.4, 0.5) is 5.82 Å². The van der Waals surface area contributed by atoms with Crippen LogP contribution in [-0.2, 0) is 13.0 Å². The van der Waals surface area contributed by atoms with E-state index in [9.17, 15) is 9.59 Å². The van der Waals surface area contributed by atoms with Crippen LogP contribution in [0.2, 0.25) is 5.02 Å². The van der Waals surface area contributed by atoms with Crippen molar-refractivity contribution < 1.29 is 4.79 Å². The predicted molar refractivity (Wildman–Crippen MR) is 170 cm³/mol. The Bertz CT molecular complexity index is 1550. The first-order valence-corrected chi connectivity index (χ1v) is 14.6. The topological polar surface area (TPSA) is 86.3 Å². The van der Waals surface area contributed by atoms with Crippen LogP contribution in [0, 0.1) is 6.92 Å². The van der Waals surface area contributed by atoms with Crippen molar-refractivity contribution in [1.82, 2.24) is 24.8 Å². The largest absolute Gasteiger partial charge is 0.354 e.